The Morgan fingerprint density at radius 1 is 1.02 bits per heavy atom. The van der Waals surface area contributed by atoms with Crippen LogP contribution in [0.5, 0.6) is 5.75 Å². The molecule has 0 aliphatic rings. The van der Waals surface area contributed by atoms with Gasteiger partial charge in [-0.25, -0.2) is 14.8 Å². The maximum Gasteiger partial charge on any atom is 0.416 e. The Labute approximate surface area is 245 Å². The van der Waals surface area contributed by atoms with Gasteiger partial charge in [0, 0.05) is 23.9 Å². The summed E-state index contributed by atoms with van der Waals surface area (Å²) < 4.78 is 49.4. The maximum absolute atomic E-state index is 13.1. The number of carbonyl (C=O) groups excluding carboxylic acids is 2. The van der Waals surface area contributed by atoms with Crippen molar-refractivity contribution in [2.75, 3.05) is 18.5 Å². The molecule has 11 heteroatoms. The summed E-state index contributed by atoms with van der Waals surface area (Å²) in [5.74, 6) is 0.171. The molecule has 0 spiro atoms. The summed E-state index contributed by atoms with van der Waals surface area (Å²) in [6.45, 7) is 4.19. The first kappa shape index (κ1) is 30.7. The van der Waals surface area contributed by atoms with Gasteiger partial charge >= 0.3 is 12.1 Å². The molecule has 42 heavy (non-hydrogen) atoms. The third kappa shape index (κ3) is 8.16. The highest BCUT2D eigenvalue weighted by Crippen LogP contribution is 2.32. The van der Waals surface area contributed by atoms with Gasteiger partial charge in [0.1, 0.15) is 5.75 Å². The molecular formula is C31H30F3N3O4S. The fourth-order valence-electron chi connectivity index (χ4n) is 4.07. The lowest BCUT2D eigenvalue weighted by atomic mass is 10.0. The number of unbranched alkanes of at least 4 members (excludes halogenated alkanes) is 1. The molecule has 220 valence electrons. The molecule has 0 amide bonds. The quantitative estimate of drug-likeness (QED) is 0.127. The number of carbonyl (C=O) groups is 2. The van der Waals surface area contributed by atoms with Crippen molar-refractivity contribution in [2.24, 2.45) is 0 Å². The van der Waals surface area contributed by atoms with Crippen LogP contribution >= 0.6 is 11.3 Å². The smallest absolute Gasteiger partial charge is 0.416 e. The Balaban J connectivity index is 1.42. The minimum atomic E-state index is -4.41. The fraction of sp³-hybridized carbons (Fsp3) is 0.290. The molecule has 0 saturated heterocycles. The standard InChI is InChI=1S/C31H30F3N3O4S/c1-3-5-6-23-17-36-30(37-28(23)21-7-11-24(12-8-21)31(32,33)34)35-16-20-15-26(42-19-20)29(39)22-9-13-25(14-10-22)41-18-27(38)40-4-2/h7-15,17,19H,3-6,16,18H2,1-2H3,(H,35,36,37). The number of aromatic nitrogens is 2. The van der Waals surface area contributed by atoms with Crippen LogP contribution in [0.2, 0.25) is 0 Å². The van der Waals surface area contributed by atoms with E-state index in [1.165, 1.54) is 23.5 Å². The van der Waals surface area contributed by atoms with Crippen LogP contribution in [-0.2, 0) is 28.7 Å². The summed E-state index contributed by atoms with van der Waals surface area (Å²) in [6, 6.07) is 13.3. The molecular weight excluding hydrogens is 567 g/mol. The number of thiophene rings is 1. The second kappa shape index (κ2) is 14.1. The van der Waals surface area contributed by atoms with Gasteiger partial charge in [-0.1, -0.05) is 25.5 Å². The second-order valence-electron chi connectivity index (χ2n) is 9.37. The monoisotopic (exact) mass is 597 g/mol. The van der Waals surface area contributed by atoms with Crippen molar-refractivity contribution in [2.45, 2.75) is 45.8 Å². The van der Waals surface area contributed by atoms with Crippen LogP contribution in [-0.4, -0.2) is 34.9 Å². The largest absolute Gasteiger partial charge is 0.482 e. The van der Waals surface area contributed by atoms with Crippen molar-refractivity contribution in [1.29, 1.82) is 0 Å². The number of nitrogens with zero attached hydrogens (tertiary/aromatic N) is 2. The number of nitrogens with one attached hydrogen (secondary N) is 1. The van der Waals surface area contributed by atoms with Gasteiger partial charge in [-0.3, -0.25) is 4.79 Å². The Kier molecular flexibility index (Phi) is 10.3. The molecule has 0 unspecified atom stereocenters. The minimum Gasteiger partial charge on any atom is -0.482 e. The maximum atomic E-state index is 13.1. The predicted octanol–water partition coefficient (Wildman–Crippen LogP) is 7.35. The number of halogens is 3. The zero-order chi connectivity index (χ0) is 30.1. The molecule has 7 nitrogen and oxygen atoms in total. The lowest BCUT2D eigenvalue weighted by molar-refractivity contribution is -0.145. The molecule has 0 aliphatic heterocycles. The van der Waals surface area contributed by atoms with E-state index in [-0.39, 0.29) is 19.0 Å². The van der Waals surface area contributed by atoms with Gasteiger partial charge in [0.2, 0.25) is 11.7 Å². The summed E-state index contributed by atoms with van der Waals surface area (Å²) in [5.41, 5.74) is 2.66. The second-order valence-corrected chi connectivity index (χ2v) is 10.3. The molecule has 1 N–H and O–H groups in total. The SMILES string of the molecule is CCCCc1cnc(NCc2csc(C(=O)c3ccc(OCC(=O)OCC)cc3)c2)nc1-c1ccc(C(F)(F)F)cc1. The molecule has 0 saturated carbocycles. The molecule has 0 bridgehead atoms. The van der Waals surface area contributed by atoms with Crippen molar-refractivity contribution in [3.05, 3.63) is 93.3 Å². The van der Waals surface area contributed by atoms with Crippen LogP contribution in [0.15, 0.2) is 66.2 Å². The lowest BCUT2D eigenvalue weighted by Gasteiger charge is -2.12. The first-order chi connectivity index (χ1) is 20.2. The molecule has 0 aliphatic carbocycles. The third-order valence-electron chi connectivity index (χ3n) is 6.26. The first-order valence-electron chi connectivity index (χ1n) is 13.5. The molecule has 0 atom stereocenters. The number of ketones is 1. The Bertz CT molecular complexity index is 1500. The summed E-state index contributed by atoms with van der Waals surface area (Å²) in [7, 11) is 0. The zero-order valence-corrected chi connectivity index (χ0v) is 24.0. The number of esters is 1. The molecule has 0 radical (unpaired) electrons. The first-order valence-corrected chi connectivity index (χ1v) is 14.3. The van der Waals surface area contributed by atoms with Gasteiger partial charge in [-0.05, 0) is 78.7 Å². The number of alkyl halides is 3. The normalized spacial score (nSPS) is 11.3. The van der Waals surface area contributed by atoms with E-state index >= 15 is 0 Å². The number of ether oxygens (including phenoxy) is 2. The number of aryl methyl sites for hydroxylation is 1. The van der Waals surface area contributed by atoms with Gasteiger partial charge in [0.25, 0.3) is 0 Å². The molecule has 4 aromatic rings. The summed E-state index contributed by atoms with van der Waals surface area (Å²) in [5, 5.41) is 5.03. The highest BCUT2D eigenvalue weighted by molar-refractivity contribution is 7.12. The van der Waals surface area contributed by atoms with Crippen molar-refractivity contribution in [3.63, 3.8) is 0 Å². The lowest BCUT2D eigenvalue weighted by Crippen LogP contribution is -2.14. The van der Waals surface area contributed by atoms with Crippen LogP contribution in [0, 0.1) is 0 Å². The Morgan fingerprint density at radius 2 is 1.76 bits per heavy atom. The van der Waals surface area contributed by atoms with E-state index in [1.807, 2.05) is 5.38 Å². The minimum absolute atomic E-state index is 0.149. The van der Waals surface area contributed by atoms with E-state index in [0.29, 0.717) is 46.4 Å². The number of benzene rings is 2. The number of hydrogen-bond donors (Lipinski definition) is 1. The van der Waals surface area contributed by atoms with Crippen LogP contribution in [0.4, 0.5) is 19.1 Å². The third-order valence-corrected chi connectivity index (χ3v) is 7.23. The fourth-order valence-corrected chi connectivity index (χ4v) is 4.94. The number of anilines is 1. The van der Waals surface area contributed by atoms with E-state index in [1.54, 1.807) is 43.5 Å². The highest BCUT2D eigenvalue weighted by atomic mass is 32.1. The van der Waals surface area contributed by atoms with E-state index in [2.05, 4.69) is 22.2 Å². The topological polar surface area (TPSA) is 90.4 Å². The Morgan fingerprint density at radius 3 is 2.43 bits per heavy atom. The van der Waals surface area contributed by atoms with Crippen molar-refractivity contribution in [3.8, 4) is 17.0 Å². The molecule has 4 rings (SSSR count). The summed E-state index contributed by atoms with van der Waals surface area (Å²) in [4.78, 5) is 34.0. The molecule has 2 aromatic carbocycles. The molecule has 0 fully saturated rings. The zero-order valence-electron chi connectivity index (χ0n) is 23.2. The number of rotatable bonds is 13. The predicted molar refractivity (Wildman–Crippen MR) is 155 cm³/mol. The number of hydrogen-bond acceptors (Lipinski definition) is 8. The van der Waals surface area contributed by atoms with Crippen LogP contribution < -0.4 is 10.1 Å². The van der Waals surface area contributed by atoms with Crippen molar-refractivity contribution in [1.82, 2.24) is 9.97 Å². The van der Waals surface area contributed by atoms with E-state index in [0.717, 1.165) is 36.1 Å². The van der Waals surface area contributed by atoms with Gasteiger partial charge in [0.05, 0.1) is 22.7 Å². The van der Waals surface area contributed by atoms with Crippen LogP contribution in [0.1, 0.15) is 58.6 Å². The van der Waals surface area contributed by atoms with Crippen LogP contribution in [0.25, 0.3) is 11.3 Å². The van der Waals surface area contributed by atoms with Gasteiger partial charge in [0.15, 0.2) is 6.61 Å². The van der Waals surface area contributed by atoms with Crippen LogP contribution in [0.3, 0.4) is 0 Å². The average Bonchev–Trinajstić information content (AvgIpc) is 3.47. The van der Waals surface area contributed by atoms with Gasteiger partial charge in [-0.15, -0.1) is 11.3 Å². The van der Waals surface area contributed by atoms with Crippen molar-refractivity contribution >= 4 is 29.0 Å². The van der Waals surface area contributed by atoms with Gasteiger partial charge in [-0.2, -0.15) is 13.2 Å². The summed E-state index contributed by atoms with van der Waals surface area (Å²) in [6.07, 6.45) is -0.133. The van der Waals surface area contributed by atoms with E-state index < -0.39 is 17.7 Å². The van der Waals surface area contributed by atoms with E-state index in [4.69, 9.17) is 9.47 Å². The molecule has 2 aromatic heterocycles. The average molecular weight is 598 g/mol. The highest BCUT2D eigenvalue weighted by Gasteiger charge is 2.30. The Hall–Kier alpha value is -4.25. The van der Waals surface area contributed by atoms with Crippen molar-refractivity contribution < 1.29 is 32.2 Å². The van der Waals surface area contributed by atoms with E-state index in [9.17, 15) is 22.8 Å². The summed E-state index contributed by atoms with van der Waals surface area (Å²) >= 11 is 1.31. The van der Waals surface area contributed by atoms with Gasteiger partial charge < -0.3 is 14.8 Å². The molecule has 2 heterocycles.